The molecule has 0 aliphatic heterocycles. The minimum atomic E-state index is -3.67. The van der Waals surface area contributed by atoms with Crippen molar-refractivity contribution in [2.45, 2.75) is 10.9 Å². The highest BCUT2D eigenvalue weighted by atomic mass is 32.2. The van der Waals surface area contributed by atoms with Crippen LogP contribution in [-0.4, -0.2) is 43.9 Å². The molecule has 1 aromatic carbocycles. The molecule has 3 rings (SSSR count). The minimum Gasteiger partial charge on any atom is -0.306 e. The van der Waals surface area contributed by atoms with E-state index in [9.17, 15) is 13.2 Å². The third kappa shape index (κ3) is 3.44. The van der Waals surface area contributed by atoms with Gasteiger partial charge in [-0.3, -0.25) is 0 Å². The highest BCUT2D eigenvalue weighted by molar-refractivity contribution is 7.89. The van der Waals surface area contributed by atoms with Crippen LogP contribution in [0.25, 0.3) is 11.0 Å². The second-order valence-electron chi connectivity index (χ2n) is 5.63. The number of likely N-dealkylation sites (N-methyl/N-ethyl adjacent to an activating group) is 1. The molecule has 0 aliphatic carbocycles. The third-order valence-electron chi connectivity index (χ3n) is 3.76. The summed E-state index contributed by atoms with van der Waals surface area (Å²) in [6, 6.07) is 8.39. The lowest BCUT2D eigenvalue weighted by Crippen LogP contribution is -2.34. The fourth-order valence-corrected chi connectivity index (χ4v) is 4.46. The van der Waals surface area contributed by atoms with Gasteiger partial charge in [0.1, 0.15) is 0 Å². The first-order chi connectivity index (χ1) is 11.4. The van der Waals surface area contributed by atoms with Gasteiger partial charge in [0, 0.05) is 11.4 Å². The SMILES string of the molecule is CN(C)C(CNS(=O)(=O)c1ccc2[nH]c(=O)[nH]c2c1)c1cccs1. The maximum atomic E-state index is 12.6. The molecular weight excluding hydrogens is 348 g/mol. The summed E-state index contributed by atoms with van der Waals surface area (Å²) in [5, 5.41) is 1.97. The predicted molar refractivity (Wildman–Crippen MR) is 94.9 cm³/mol. The quantitative estimate of drug-likeness (QED) is 0.616. The van der Waals surface area contributed by atoms with Gasteiger partial charge in [-0.1, -0.05) is 6.07 Å². The highest BCUT2D eigenvalue weighted by Gasteiger charge is 2.20. The molecule has 128 valence electrons. The molecule has 0 radical (unpaired) electrons. The van der Waals surface area contributed by atoms with Crippen LogP contribution in [-0.2, 0) is 10.0 Å². The number of hydrogen-bond donors (Lipinski definition) is 3. The molecule has 1 unspecified atom stereocenters. The summed E-state index contributed by atoms with van der Waals surface area (Å²) in [6.07, 6.45) is 0. The molecule has 24 heavy (non-hydrogen) atoms. The van der Waals surface area contributed by atoms with E-state index >= 15 is 0 Å². The number of sulfonamides is 1. The first kappa shape index (κ1) is 16.9. The summed E-state index contributed by atoms with van der Waals surface area (Å²) in [5.74, 6) is 0. The number of thiophene rings is 1. The highest BCUT2D eigenvalue weighted by Crippen LogP contribution is 2.23. The van der Waals surface area contributed by atoms with Gasteiger partial charge >= 0.3 is 5.69 Å². The lowest BCUT2D eigenvalue weighted by Gasteiger charge is -2.23. The second-order valence-corrected chi connectivity index (χ2v) is 8.38. The number of hydrogen-bond acceptors (Lipinski definition) is 5. The Morgan fingerprint density at radius 2 is 1.96 bits per heavy atom. The van der Waals surface area contributed by atoms with Gasteiger partial charge in [-0.2, -0.15) is 0 Å². The van der Waals surface area contributed by atoms with Gasteiger partial charge in [0.25, 0.3) is 0 Å². The van der Waals surface area contributed by atoms with Crippen molar-refractivity contribution in [1.82, 2.24) is 19.6 Å². The van der Waals surface area contributed by atoms with Gasteiger partial charge in [-0.15, -0.1) is 11.3 Å². The number of aromatic amines is 2. The third-order valence-corrected chi connectivity index (χ3v) is 6.15. The Morgan fingerprint density at radius 1 is 1.21 bits per heavy atom. The van der Waals surface area contributed by atoms with Crippen LogP contribution in [0.1, 0.15) is 10.9 Å². The molecule has 0 amide bonds. The van der Waals surface area contributed by atoms with E-state index < -0.39 is 10.0 Å². The van der Waals surface area contributed by atoms with Gasteiger partial charge in [0.15, 0.2) is 0 Å². The van der Waals surface area contributed by atoms with Crippen LogP contribution < -0.4 is 10.4 Å². The van der Waals surface area contributed by atoms with E-state index in [-0.39, 0.29) is 23.2 Å². The van der Waals surface area contributed by atoms with Gasteiger partial charge in [0.2, 0.25) is 10.0 Å². The van der Waals surface area contributed by atoms with Gasteiger partial charge in [-0.25, -0.2) is 17.9 Å². The first-order valence-electron chi connectivity index (χ1n) is 7.28. The van der Waals surface area contributed by atoms with E-state index in [1.54, 1.807) is 17.4 Å². The maximum absolute atomic E-state index is 12.6. The van der Waals surface area contributed by atoms with Crippen LogP contribution in [0.15, 0.2) is 45.4 Å². The monoisotopic (exact) mass is 366 g/mol. The Hall–Kier alpha value is -1.94. The van der Waals surface area contributed by atoms with Crippen LogP contribution in [0.2, 0.25) is 0 Å². The lowest BCUT2D eigenvalue weighted by molar-refractivity contribution is 0.303. The van der Waals surface area contributed by atoms with Crippen molar-refractivity contribution in [1.29, 1.82) is 0 Å². The zero-order valence-corrected chi connectivity index (χ0v) is 14.9. The zero-order chi connectivity index (χ0) is 17.3. The molecular formula is C15H18N4O3S2. The average molecular weight is 366 g/mol. The Labute approximate surface area is 143 Å². The number of rotatable bonds is 6. The predicted octanol–water partition coefficient (Wildman–Crippen LogP) is 1.50. The van der Waals surface area contributed by atoms with Gasteiger partial charge in [0.05, 0.1) is 22.0 Å². The van der Waals surface area contributed by atoms with Crippen LogP contribution >= 0.6 is 11.3 Å². The zero-order valence-electron chi connectivity index (χ0n) is 13.2. The van der Waals surface area contributed by atoms with E-state index in [0.717, 1.165) is 4.88 Å². The van der Waals surface area contributed by atoms with Crippen LogP contribution in [0.3, 0.4) is 0 Å². The largest absolute Gasteiger partial charge is 0.323 e. The number of imidazole rings is 1. The van der Waals surface area contributed by atoms with Crippen molar-refractivity contribution in [2.24, 2.45) is 0 Å². The fourth-order valence-electron chi connectivity index (χ4n) is 2.47. The summed E-state index contributed by atoms with van der Waals surface area (Å²) in [7, 11) is 0.154. The second kappa shape index (κ2) is 6.52. The number of fused-ring (bicyclic) bond motifs is 1. The van der Waals surface area contributed by atoms with Crippen LogP contribution in [0, 0.1) is 0 Å². The van der Waals surface area contributed by atoms with Gasteiger partial charge in [-0.05, 0) is 43.7 Å². The number of nitrogens with one attached hydrogen (secondary N) is 3. The van der Waals surface area contributed by atoms with Crippen molar-refractivity contribution in [3.05, 3.63) is 51.1 Å². The van der Waals surface area contributed by atoms with E-state index in [0.29, 0.717) is 11.0 Å². The van der Waals surface area contributed by atoms with Crippen LogP contribution in [0.5, 0.6) is 0 Å². The molecule has 0 saturated carbocycles. The van der Waals surface area contributed by atoms with E-state index in [1.165, 1.54) is 12.1 Å². The Kier molecular flexibility index (Phi) is 4.59. The summed E-state index contributed by atoms with van der Waals surface area (Å²) in [5.41, 5.74) is 0.673. The summed E-state index contributed by atoms with van der Waals surface area (Å²) in [4.78, 5) is 19.6. The molecule has 2 aromatic heterocycles. The number of nitrogens with zero attached hydrogens (tertiary/aromatic N) is 1. The fraction of sp³-hybridized carbons (Fsp3) is 0.267. The van der Waals surface area contributed by atoms with E-state index in [2.05, 4.69) is 14.7 Å². The number of benzene rings is 1. The van der Waals surface area contributed by atoms with E-state index in [4.69, 9.17) is 0 Å². The summed E-state index contributed by atoms with van der Waals surface area (Å²) < 4.78 is 27.8. The molecule has 9 heteroatoms. The molecule has 0 fully saturated rings. The minimum absolute atomic E-state index is 0.0458. The van der Waals surface area contributed by atoms with E-state index in [1.807, 2.05) is 36.5 Å². The Bertz CT molecular complexity index is 987. The average Bonchev–Trinajstić information content (AvgIpc) is 3.14. The van der Waals surface area contributed by atoms with Crippen LogP contribution in [0.4, 0.5) is 0 Å². The molecule has 2 heterocycles. The Balaban J connectivity index is 1.82. The first-order valence-corrected chi connectivity index (χ1v) is 9.64. The van der Waals surface area contributed by atoms with Crippen molar-refractivity contribution in [3.63, 3.8) is 0 Å². The molecule has 3 N–H and O–H groups in total. The Morgan fingerprint density at radius 3 is 2.62 bits per heavy atom. The molecule has 7 nitrogen and oxygen atoms in total. The number of aromatic nitrogens is 2. The summed E-state index contributed by atoms with van der Waals surface area (Å²) >= 11 is 1.59. The topological polar surface area (TPSA) is 98.1 Å². The molecule has 0 saturated heterocycles. The normalized spacial score (nSPS) is 13.6. The molecule has 0 aliphatic rings. The molecule has 1 atom stereocenters. The lowest BCUT2D eigenvalue weighted by atomic mass is 10.2. The smallest absolute Gasteiger partial charge is 0.306 e. The van der Waals surface area contributed by atoms with Crippen molar-refractivity contribution in [2.75, 3.05) is 20.6 Å². The van der Waals surface area contributed by atoms with Crippen molar-refractivity contribution in [3.8, 4) is 0 Å². The number of H-pyrrole nitrogens is 2. The summed E-state index contributed by atoms with van der Waals surface area (Å²) in [6.45, 7) is 0.261. The molecule has 0 bridgehead atoms. The molecule has 0 spiro atoms. The molecule has 3 aromatic rings. The van der Waals surface area contributed by atoms with Crippen molar-refractivity contribution >= 4 is 32.4 Å². The standard InChI is InChI=1S/C15H18N4O3S2/c1-19(2)13(14-4-3-7-23-14)9-16-24(21,22)10-5-6-11-12(8-10)18-15(20)17-11/h3-8,13,16H,9H2,1-2H3,(H2,17,18,20). The van der Waals surface area contributed by atoms with Crippen molar-refractivity contribution < 1.29 is 8.42 Å². The maximum Gasteiger partial charge on any atom is 0.323 e. The van der Waals surface area contributed by atoms with Gasteiger partial charge < -0.3 is 14.9 Å².